The van der Waals surface area contributed by atoms with Gasteiger partial charge in [-0.25, -0.2) is 0 Å². The maximum absolute atomic E-state index is 12.3. The molecule has 1 N–H and O–H groups in total. The van der Waals surface area contributed by atoms with Gasteiger partial charge in [0.2, 0.25) is 0 Å². The average molecular weight is 393 g/mol. The fourth-order valence-corrected chi connectivity index (χ4v) is 9.68. The summed E-state index contributed by atoms with van der Waals surface area (Å²) in [6.45, 7) is 17.1. The Morgan fingerprint density at radius 3 is 1.88 bits per heavy atom. The van der Waals surface area contributed by atoms with E-state index in [0.29, 0.717) is 22.3 Å². The SMILES string of the molecule is C/C(C#C[Si](C(C)C)(C(C)C)C(C)C)=N\NS(=O)(=O)c1ccc(C)cc1. The van der Waals surface area contributed by atoms with E-state index in [4.69, 9.17) is 0 Å². The number of benzene rings is 1. The van der Waals surface area contributed by atoms with E-state index >= 15 is 0 Å². The molecule has 6 heteroatoms. The zero-order valence-corrected chi connectivity index (χ0v) is 19.0. The van der Waals surface area contributed by atoms with Crippen LogP contribution in [0.2, 0.25) is 16.6 Å². The van der Waals surface area contributed by atoms with Crippen molar-refractivity contribution in [3.63, 3.8) is 0 Å². The van der Waals surface area contributed by atoms with Crippen molar-refractivity contribution < 1.29 is 8.42 Å². The molecule has 0 atom stereocenters. The number of hydrogen-bond acceptors (Lipinski definition) is 3. The molecule has 0 amide bonds. The zero-order valence-electron chi connectivity index (χ0n) is 17.2. The van der Waals surface area contributed by atoms with Gasteiger partial charge in [0, 0.05) is 0 Å². The van der Waals surface area contributed by atoms with Gasteiger partial charge >= 0.3 is 0 Å². The smallest absolute Gasteiger partial charge is 0.200 e. The summed E-state index contributed by atoms with van der Waals surface area (Å²) in [5.41, 5.74) is 6.59. The summed E-state index contributed by atoms with van der Waals surface area (Å²) in [5, 5.41) is 4.00. The maximum Gasteiger partial charge on any atom is 0.276 e. The Hall–Kier alpha value is -1.58. The molecule has 0 radical (unpaired) electrons. The number of nitrogens with one attached hydrogen (secondary N) is 1. The number of sulfonamides is 1. The van der Waals surface area contributed by atoms with Crippen LogP contribution in [0.4, 0.5) is 0 Å². The van der Waals surface area contributed by atoms with E-state index in [1.165, 1.54) is 0 Å². The minimum atomic E-state index is -3.67. The van der Waals surface area contributed by atoms with Crippen LogP contribution in [0.1, 0.15) is 54.0 Å². The molecule has 1 rings (SSSR count). The maximum atomic E-state index is 12.3. The third-order valence-corrected chi connectivity index (χ3v) is 12.5. The van der Waals surface area contributed by atoms with Crippen LogP contribution in [0, 0.1) is 18.4 Å². The van der Waals surface area contributed by atoms with Crippen molar-refractivity contribution in [1.29, 1.82) is 0 Å². The standard InChI is InChI=1S/C20H32N2O2SSi/c1-15(2)26(16(3)4,17(5)6)14-13-19(8)21-22-25(23,24)20-11-9-18(7)10-12-20/h9-12,15-17,22H,1-8H3/b21-19+. The topological polar surface area (TPSA) is 58.5 Å². The molecular formula is C20H32N2O2SSi. The van der Waals surface area contributed by atoms with Crippen molar-refractivity contribution in [1.82, 2.24) is 4.83 Å². The molecule has 144 valence electrons. The van der Waals surface area contributed by atoms with E-state index in [2.05, 4.69) is 62.9 Å². The van der Waals surface area contributed by atoms with Crippen molar-refractivity contribution in [2.45, 2.75) is 76.9 Å². The number of hydrogen-bond donors (Lipinski definition) is 1. The fourth-order valence-electron chi connectivity index (χ4n) is 3.56. The summed E-state index contributed by atoms with van der Waals surface area (Å²) in [4.78, 5) is 2.49. The van der Waals surface area contributed by atoms with Crippen molar-refractivity contribution in [2.75, 3.05) is 0 Å². The van der Waals surface area contributed by atoms with Crippen molar-refractivity contribution in [3.8, 4) is 11.5 Å². The number of nitrogens with zero attached hydrogens (tertiary/aromatic N) is 1. The molecule has 1 aromatic rings. The second-order valence-corrected chi connectivity index (χ2v) is 15.0. The average Bonchev–Trinajstić information content (AvgIpc) is 2.53. The van der Waals surface area contributed by atoms with Crippen LogP contribution in [-0.2, 0) is 10.0 Å². The molecular weight excluding hydrogens is 360 g/mol. The Balaban J connectivity index is 3.08. The first kappa shape index (κ1) is 22.5. The lowest BCUT2D eigenvalue weighted by atomic mass is 10.2. The largest absolute Gasteiger partial charge is 0.276 e. The fraction of sp³-hybridized carbons (Fsp3) is 0.550. The monoisotopic (exact) mass is 392 g/mol. The van der Waals surface area contributed by atoms with Gasteiger partial charge in [0.05, 0.1) is 4.90 Å². The first-order chi connectivity index (χ1) is 11.9. The van der Waals surface area contributed by atoms with E-state index in [-0.39, 0.29) is 4.90 Å². The van der Waals surface area contributed by atoms with Gasteiger partial charge in [0.25, 0.3) is 10.0 Å². The summed E-state index contributed by atoms with van der Waals surface area (Å²) >= 11 is 0. The molecule has 1 aromatic carbocycles. The first-order valence-electron chi connectivity index (χ1n) is 9.09. The van der Waals surface area contributed by atoms with Gasteiger partial charge in [-0.15, -0.1) is 5.54 Å². The minimum Gasteiger partial charge on any atom is -0.200 e. The summed E-state index contributed by atoms with van der Waals surface area (Å²) in [7, 11) is -5.52. The highest BCUT2D eigenvalue weighted by Gasteiger charge is 2.41. The quantitative estimate of drug-likeness (QED) is 0.325. The van der Waals surface area contributed by atoms with Gasteiger partial charge in [-0.05, 0) is 42.6 Å². The van der Waals surface area contributed by atoms with E-state index in [0.717, 1.165) is 5.56 Å². The van der Waals surface area contributed by atoms with Crippen LogP contribution in [0.25, 0.3) is 0 Å². The third-order valence-electron chi connectivity index (χ3n) is 4.99. The lowest BCUT2D eigenvalue weighted by Gasteiger charge is -2.38. The van der Waals surface area contributed by atoms with Gasteiger partial charge in [0.1, 0.15) is 13.8 Å². The molecule has 0 heterocycles. The molecule has 0 bridgehead atoms. The molecule has 0 aliphatic heterocycles. The highest BCUT2D eigenvalue weighted by atomic mass is 32.2. The minimum absolute atomic E-state index is 0.197. The van der Waals surface area contributed by atoms with Crippen LogP contribution in [0.15, 0.2) is 34.3 Å². The van der Waals surface area contributed by atoms with Gasteiger partial charge < -0.3 is 0 Å². The van der Waals surface area contributed by atoms with Crippen LogP contribution >= 0.6 is 0 Å². The van der Waals surface area contributed by atoms with Crippen LogP contribution in [0.5, 0.6) is 0 Å². The Morgan fingerprint density at radius 2 is 1.46 bits per heavy atom. The van der Waals surface area contributed by atoms with Crippen molar-refractivity contribution >= 4 is 23.8 Å². The van der Waals surface area contributed by atoms with Gasteiger partial charge in [-0.2, -0.15) is 18.4 Å². The molecule has 0 aliphatic rings. The van der Waals surface area contributed by atoms with Gasteiger partial charge in [0.15, 0.2) is 0 Å². The van der Waals surface area contributed by atoms with Crippen LogP contribution in [0.3, 0.4) is 0 Å². The molecule has 4 nitrogen and oxygen atoms in total. The molecule has 0 saturated carbocycles. The van der Waals surface area contributed by atoms with Crippen molar-refractivity contribution in [2.24, 2.45) is 5.10 Å². The highest BCUT2D eigenvalue weighted by molar-refractivity contribution is 7.89. The summed E-state index contributed by atoms with van der Waals surface area (Å²) in [6.07, 6.45) is 0. The number of hydrazone groups is 1. The lowest BCUT2D eigenvalue weighted by molar-refractivity contribution is 0.584. The summed E-state index contributed by atoms with van der Waals surface area (Å²) in [5.74, 6) is 3.14. The normalized spacial score (nSPS) is 13.1. The number of rotatable bonds is 6. The Labute approximate surface area is 160 Å². The Bertz CT molecular complexity index is 777. The molecule has 0 fully saturated rings. The molecule has 26 heavy (non-hydrogen) atoms. The van der Waals surface area contributed by atoms with E-state index in [9.17, 15) is 8.42 Å². The molecule has 0 spiro atoms. The van der Waals surface area contributed by atoms with Crippen LogP contribution < -0.4 is 4.83 Å². The van der Waals surface area contributed by atoms with Crippen LogP contribution in [-0.4, -0.2) is 22.2 Å². The van der Waals surface area contributed by atoms with E-state index in [1.54, 1.807) is 31.2 Å². The predicted molar refractivity (Wildman–Crippen MR) is 113 cm³/mol. The molecule has 0 aromatic heterocycles. The summed E-state index contributed by atoms with van der Waals surface area (Å²) in [6, 6.07) is 6.67. The van der Waals surface area contributed by atoms with Crippen molar-refractivity contribution in [3.05, 3.63) is 29.8 Å². The predicted octanol–water partition coefficient (Wildman–Crippen LogP) is 4.87. The van der Waals surface area contributed by atoms with Gasteiger partial charge in [-0.1, -0.05) is 65.2 Å². The second kappa shape index (κ2) is 8.87. The lowest BCUT2D eigenvalue weighted by Crippen LogP contribution is -2.43. The zero-order chi connectivity index (χ0) is 20.1. The number of aryl methyl sites for hydroxylation is 1. The highest BCUT2D eigenvalue weighted by Crippen LogP contribution is 2.40. The second-order valence-electron chi connectivity index (χ2n) is 7.75. The van der Waals surface area contributed by atoms with E-state index < -0.39 is 18.1 Å². The summed E-state index contributed by atoms with van der Waals surface area (Å²) < 4.78 is 24.6. The first-order valence-corrected chi connectivity index (χ1v) is 12.8. The third kappa shape index (κ3) is 5.21. The molecule has 0 saturated heterocycles. The Kier molecular flexibility index (Phi) is 7.66. The van der Waals surface area contributed by atoms with Gasteiger partial charge in [-0.3, -0.25) is 0 Å². The van der Waals surface area contributed by atoms with E-state index in [1.807, 2.05) is 6.92 Å². The Morgan fingerprint density at radius 1 is 1.00 bits per heavy atom. The molecule has 0 aliphatic carbocycles. The molecule has 0 unspecified atom stereocenters.